The van der Waals surface area contributed by atoms with E-state index in [4.69, 9.17) is 4.74 Å². The Balaban J connectivity index is 1.58. The van der Waals surface area contributed by atoms with Gasteiger partial charge < -0.3 is 4.74 Å². The monoisotopic (exact) mass is 381 g/mol. The molecule has 1 heterocycles. The lowest BCUT2D eigenvalue weighted by Crippen LogP contribution is -2.20. The quantitative estimate of drug-likeness (QED) is 0.657. The molecule has 3 rings (SSSR count). The number of hydrogen-bond donors (Lipinski definition) is 1. The largest absolute Gasteiger partial charge is 0.484 e. The van der Waals surface area contributed by atoms with E-state index in [0.29, 0.717) is 10.9 Å². The normalized spacial score (nSPS) is 11.2. The molecular formula is C21H23N3O2S. The van der Waals surface area contributed by atoms with Gasteiger partial charge in [0.05, 0.1) is 0 Å². The number of nitrogens with one attached hydrogen (secondary N) is 1. The predicted octanol–water partition coefficient (Wildman–Crippen LogP) is 4.44. The zero-order valence-corrected chi connectivity index (χ0v) is 16.5. The van der Waals surface area contributed by atoms with Crippen molar-refractivity contribution in [3.63, 3.8) is 0 Å². The predicted molar refractivity (Wildman–Crippen MR) is 108 cm³/mol. The third-order valence-corrected chi connectivity index (χ3v) is 5.44. The maximum Gasteiger partial charge on any atom is 0.264 e. The molecule has 0 unspecified atom stereocenters. The molecule has 27 heavy (non-hydrogen) atoms. The summed E-state index contributed by atoms with van der Waals surface area (Å²) >= 11 is 1.38. The molecule has 0 radical (unpaired) electrons. The Labute approximate surface area is 163 Å². The van der Waals surface area contributed by atoms with Gasteiger partial charge in [0, 0.05) is 5.41 Å². The Hall–Kier alpha value is -2.73. The molecule has 5 nitrogen and oxygen atoms in total. The maximum atomic E-state index is 12.0. The second kappa shape index (κ2) is 8.31. The molecular weight excluding hydrogens is 358 g/mol. The highest BCUT2D eigenvalue weighted by Crippen LogP contribution is 2.32. The molecule has 1 N–H and O–H groups in total. The van der Waals surface area contributed by atoms with Gasteiger partial charge in [-0.25, -0.2) is 0 Å². The number of ether oxygens (including phenoxy) is 1. The first kappa shape index (κ1) is 19.0. The summed E-state index contributed by atoms with van der Waals surface area (Å²) in [5.41, 5.74) is 2.33. The molecule has 2 aromatic carbocycles. The number of nitrogens with zero attached hydrogens (tertiary/aromatic N) is 2. The van der Waals surface area contributed by atoms with Crippen LogP contribution in [-0.2, 0) is 16.6 Å². The molecule has 140 valence electrons. The van der Waals surface area contributed by atoms with E-state index in [9.17, 15) is 4.79 Å². The average molecular weight is 382 g/mol. The standard InChI is InChI=1S/C21H23N3O2S/c1-4-19-23-24-20(27-19)22-18(25)14-26-17-12-10-16(11-13-17)21(2,3)15-8-6-5-7-9-15/h5-13H,4,14H2,1-3H3,(H,22,24,25). The molecule has 0 bridgehead atoms. The Morgan fingerprint density at radius 1 is 1.04 bits per heavy atom. The number of rotatable bonds is 7. The molecule has 0 saturated heterocycles. The van der Waals surface area contributed by atoms with E-state index in [0.717, 1.165) is 11.4 Å². The van der Waals surface area contributed by atoms with Crippen LogP contribution in [0.3, 0.4) is 0 Å². The summed E-state index contributed by atoms with van der Waals surface area (Å²) in [5, 5.41) is 12.0. The second-order valence-corrected chi connectivity index (χ2v) is 7.77. The minimum atomic E-state index is -0.248. The van der Waals surface area contributed by atoms with E-state index in [1.54, 1.807) is 0 Å². The minimum absolute atomic E-state index is 0.0670. The summed E-state index contributed by atoms with van der Waals surface area (Å²) in [4.78, 5) is 12.0. The highest BCUT2D eigenvalue weighted by molar-refractivity contribution is 7.15. The molecule has 3 aromatic rings. The molecule has 0 spiro atoms. The number of aryl methyl sites for hydroxylation is 1. The van der Waals surface area contributed by atoms with Crippen molar-refractivity contribution in [3.8, 4) is 5.75 Å². The Bertz CT molecular complexity index is 889. The summed E-state index contributed by atoms with van der Waals surface area (Å²) in [6.45, 7) is 6.32. The summed E-state index contributed by atoms with van der Waals surface area (Å²) < 4.78 is 5.59. The number of carbonyl (C=O) groups is 1. The van der Waals surface area contributed by atoms with Gasteiger partial charge in [0.1, 0.15) is 10.8 Å². The lowest BCUT2D eigenvalue weighted by Gasteiger charge is -2.26. The first-order chi connectivity index (χ1) is 13.0. The van der Waals surface area contributed by atoms with Crippen LogP contribution in [0.1, 0.15) is 36.9 Å². The van der Waals surface area contributed by atoms with Crippen LogP contribution in [0, 0.1) is 0 Å². The molecule has 0 aliphatic carbocycles. The van der Waals surface area contributed by atoms with Gasteiger partial charge in [0.2, 0.25) is 5.13 Å². The van der Waals surface area contributed by atoms with Crippen molar-refractivity contribution in [2.45, 2.75) is 32.6 Å². The number of hydrogen-bond acceptors (Lipinski definition) is 5. The van der Waals surface area contributed by atoms with Crippen LogP contribution in [0.4, 0.5) is 5.13 Å². The van der Waals surface area contributed by atoms with Gasteiger partial charge in [-0.3, -0.25) is 10.1 Å². The fourth-order valence-electron chi connectivity index (χ4n) is 2.74. The summed E-state index contributed by atoms with van der Waals surface area (Å²) in [5.74, 6) is 0.409. The maximum absolute atomic E-state index is 12.0. The van der Waals surface area contributed by atoms with E-state index in [1.165, 1.54) is 22.5 Å². The van der Waals surface area contributed by atoms with Crippen LogP contribution in [0.25, 0.3) is 0 Å². The summed E-state index contributed by atoms with van der Waals surface area (Å²) in [6, 6.07) is 18.3. The molecule has 0 saturated carbocycles. The first-order valence-electron chi connectivity index (χ1n) is 8.90. The Morgan fingerprint density at radius 3 is 2.33 bits per heavy atom. The van der Waals surface area contributed by atoms with Crippen LogP contribution >= 0.6 is 11.3 Å². The van der Waals surface area contributed by atoms with E-state index < -0.39 is 0 Å². The zero-order chi connectivity index (χ0) is 19.3. The first-order valence-corrected chi connectivity index (χ1v) is 9.72. The van der Waals surface area contributed by atoms with Gasteiger partial charge in [-0.05, 0) is 29.7 Å². The van der Waals surface area contributed by atoms with E-state index >= 15 is 0 Å². The van der Waals surface area contributed by atoms with E-state index in [-0.39, 0.29) is 17.9 Å². The molecule has 1 aromatic heterocycles. The fraction of sp³-hybridized carbons (Fsp3) is 0.286. The highest BCUT2D eigenvalue weighted by atomic mass is 32.1. The number of benzene rings is 2. The van der Waals surface area contributed by atoms with Crippen molar-refractivity contribution in [1.29, 1.82) is 0 Å². The average Bonchev–Trinajstić information content (AvgIpc) is 3.15. The number of amides is 1. The third-order valence-electron chi connectivity index (χ3n) is 4.46. The Kier molecular flexibility index (Phi) is 5.86. The topological polar surface area (TPSA) is 64.1 Å². The van der Waals surface area contributed by atoms with Gasteiger partial charge >= 0.3 is 0 Å². The third kappa shape index (κ3) is 4.71. The number of anilines is 1. The van der Waals surface area contributed by atoms with Crippen LogP contribution in [0.15, 0.2) is 54.6 Å². The lowest BCUT2D eigenvalue weighted by molar-refractivity contribution is -0.118. The van der Waals surface area contributed by atoms with Crippen molar-refractivity contribution < 1.29 is 9.53 Å². The molecule has 0 aliphatic rings. The van der Waals surface area contributed by atoms with Gasteiger partial charge in [-0.15, -0.1) is 10.2 Å². The highest BCUT2D eigenvalue weighted by Gasteiger charge is 2.22. The number of aromatic nitrogens is 2. The summed E-state index contributed by atoms with van der Waals surface area (Å²) in [6.07, 6.45) is 0.801. The van der Waals surface area contributed by atoms with Crippen LogP contribution < -0.4 is 10.1 Å². The van der Waals surface area contributed by atoms with Crippen molar-refractivity contribution >= 4 is 22.4 Å². The van der Waals surface area contributed by atoms with E-state index in [2.05, 4.69) is 53.6 Å². The van der Waals surface area contributed by atoms with Crippen LogP contribution in [0.2, 0.25) is 0 Å². The van der Waals surface area contributed by atoms with Crippen molar-refractivity contribution in [3.05, 3.63) is 70.7 Å². The SMILES string of the molecule is CCc1nnc(NC(=O)COc2ccc(C(C)(C)c3ccccc3)cc2)s1. The zero-order valence-electron chi connectivity index (χ0n) is 15.7. The summed E-state index contributed by atoms with van der Waals surface area (Å²) in [7, 11) is 0. The van der Waals surface area contributed by atoms with Gasteiger partial charge in [-0.2, -0.15) is 0 Å². The van der Waals surface area contributed by atoms with Gasteiger partial charge in [0.25, 0.3) is 5.91 Å². The smallest absolute Gasteiger partial charge is 0.264 e. The molecule has 0 aliphatic heterocycles. The molecule has 0 fully saturated rings. The fourth-order valence-corrected chi connectivity index (χ4v) is 3.44. The second-order valence-electron chi connectivity index (χ2n) is 6.71. The van der Waals surface area contributed by atoms with Gasteiger partial charge in [0.15, 0.2) is 6.61 Å². The van der Waals surface area contributed by atoms with Crippen LogP contribution in [-0.4, -0.2) is 22.7 Å². The lowest BCUT2D eigenvalue weighted by atomic mass is 9.78. The van der Waals surface area contributed by atoms with Crippen LogP contribution in [0.5, 0.6) is 5.75 Å². The molecule has 0 atom stereocenters. The number of carbonyl (C=O) groups excluding carboxylic acids is 1. The van der Waals surface area contributed by atoms with Crippen molar-refractivity contribution in [2.75, 3.05) is 11.9 Å². The van der Waals surface area contributed by atoms with E-state index in [1.807, 2.05) is 37.3 Å². The Morgan fingerprint density at radius 2 is 1.70 bits per heavy atom. The van der Waals surface area contributed by atoms with Gasteiger partial charge in [-0.1, -0.05) is 74.6 Å². The minimum Gasteiger partial charge on any atom is -0.484 e. The van der Waals surface area contributed by atoms with Crippen molar-refractivity contribution in [2.24, 2.45) is 0 Å². The molecule has 6 heteroatoms. The van der Waals surface area contributed by atoms with Crippen molar-refractivity contribution in [1.82, 2.24) is 10.2 Å². The molecule has 1 amide bonds.